The summed E-state index contributed by atoms with van der Waals surface area (Å²) in [5.74, 6) is -0.577. The van der Waals surface area contributed by atoms with Gasteiger partial charge in [0.05, 0.1) is 10.6 Å². The minimum absolute atomic E-state index is 0.0272. The van der Waals surface area contributed by atoms with Gasteiger partial charge in [0.1, 0.15) is 5.82 Å². The number of hydrogen-bond donors (Lipinski definition) is 1. The van der Waals surface area contributed by atoms with Crippen LogP contribution in [0.5, 0.6) is 0 Å². The van der Waals surface area contributed by atoms with E-state index < -0.39 is 15.8 Å². The molecule has 6 heteroatoms. The number of hydrogen-bond acceptors (Lipinski definition) is 3. The van der Waals surface area contributed by atoms with Crippen LogP contribution in [0.4, 0.5) is 10.1 Å². The highest BCUT2D eigenvalue weighted by Gasteiger charge is 2.33. The Kier molecular flexibility index (Phi) is 4.34. The molecule has 0 bridgehead atoms. The SMILES string of the molecule is CCC1CCCCN1S(=O)(=O)c1cc(N)c(F)cc1C. The lowest BCUT2D eigenvalue weighted by molar-refractivity contribution is 0.246. The molecule has 0 aliphatic carbocycles. The molecule has 4 nitrogen and oxygen atoms in total. The number of nitrogens with zero attached hydrogens (tertiary/aromatic N) is 1. The Morgan fingerprint density at radius 2 is 2.10 bits per heavy atom. The average Bonchev–Trinajstić information content (AvgIpc) is 2.42. The molecular formula is C14H21FN2O2S. The van der Waals surface area contributed by atoms with E-state index in [2.05, 4.69) is 0 Å². The largest absolute Gasteiger partial charge is 0.396 e. The Labute approximate surface area is 119 Å². The van der Waals surface area contributed by atoms with Gasteiger partial charge in [0.25, 0.3) is 0 Å². The number of nitrogen functional groups attached to an aromatic ring is 1. The Balaban J connectivity index is 2.46. The van der Waals surface area contributed by atoms with Crippen molar-refractivity contribution in [1.82, 2.24) is 4.31 Å². The van der Waals surface area contributed by atoms with Crippen LogP contribution in [0, 0.1) is 12.7 Å². The molecule has 1 atom stereocenters. The lowest BCUT2D eigenvalue weighted by Crippen LogP contribution is -2.43. The number of rotatable bonds is 3. The van der Waals surface area contributed by atoms with Crippen molar-refractivity contribution in [2.24, 2.45) is 0 Å². The second kappa shape index (κ2) is 5.69. The van der Waals surface area contributed by atoms with Crippen molar-refractivity contribution in [3.63, 3.8) is 0 Å². The molecule has 0 spiro atoms. The first-order valence-electron chi connectivity index (χ1n) is 6.95. The molecule has 112 valence electrons. The quantitative estimate of drug-likeness (QED) is 0.873. The highest BCUT2D eigenvalue weighted by atomic mass is 32.2. The van der Waals surface area contributed by atoms with Gasteiger partial charge in [0, 0.05) is 12.6 Å². The fourth-order valence-electron chi connectivity index (χ4n) is 2.77. The molecule has 1 aromatic carbocycles. The molecule has 0 saturated carbocycles. The van der Waals surface area contributed by atoms with E-state index in [-0.39, 0.29) is 16.6 Å². The summed E-state index contributed by atoms with van der Waals surface area (Å²) < 4.78 is 40.5. The predicted molar refractivity (Wildman–Crippen MR) is 77.4 cm³/mol. The van der Waals surface area contributed by atoms with Crippen molar-refractivity contribution in [2.45, 2.75) is 50.5 Å². The zero-order valence-electron chi connectivity index (χ0n) is 11.9. The summed E-state index contributed by atoms with van der Waals surface area (Å²) >= 11 is 0. The molecule has 0 radical (unpaired) electrons. The maximum absolute atomic E-state index is 13.4. The van der Waals surface area contributed by atoms with Gasteiger partial charge in [0.15, 0.2) is 0 Å². The Bertz CT molecular complexity index is 601. The van der Waals surface area contributed by atoms with Crippen LogP contribution in [0.15, 0.2) is 17.0 Å². The Morgan fingerprint density at radius 3 is 2.75 bits per heavy atom. The van der Waals surface area contributed by atoms with E-state index in [4.69, 9.17) is 5.73 Å². The van der Waals surface area contributed by atoms with Crippen molar-refractivity contribution < 1.29 is 12.8 Å². The van der Waals surface area contributed by atoms with Crippen LogP contribution in [-0.2, 0) is 10.0 Å². The molecule has 1 fully saturated rings. The van der Waals surface area contributed by atoms with Gasteiger partial charge in [0.2, 0.25) is 10.0 Å². The third kappa shape index (κ3) is 2.67. The van der Waals surface area contributed by atoms with E-state index in [0.29, 0.717) is 12.1 Å². The molecule has 2 N–H and O–H groups in total. The monoisotopic (exact) mass is 300 g/mol. The lowest BCUT2D eigenvalue weighted by Gasteiger charge is -2.34. The molecule has 1 aliphatic rings. The lowest BCUT2D eigenvalue weighted by atomic mass is 10.0. The number of benzene rings is 1. The van der Waals surface area contributed by atoms with Gasteiger partial charge in [-0.05, 0) is 43.9 Å². The third-order valence-electron chi connectivity index (χ3n) is 3.93. The minimum atomic E-state index is -3.61. The van der Waals surface area contributed by atoms with Gasteiger partial charge in [-0.3, -0.25) is 0 Å². The second-order valence-corrected chi connectivity index (χ2v) is 7.17. The molecule has 1 saturated heterocycles. The van der Waals surface area contributed by atoms with Crippen LogP contribution in [0.1, 0.15) is 38.2 Å². The van der Waals surface area contributed by atoms with Crippen LogP contribution < -0.4 is 5.73 Å². The number of sulfonamides is 1. The zero-order chi connectivity index (χ0) is 14.9. The smallest absolute Gasteiger partial charge is 0.243 e. The highest BCUT2D eigenvalue weighted by Crippen LogP contribution is 2.30. The van der Waals surface area contributed by atoms with Crippen LogP contribution in [0.3, 0.4) is 0 Å². The van der Waals surface area contributed by atoms with Crippen LogP contribution >= 0.6 is 0 Å². The van der Waals surface area contributed by atoms with Crippen molar-refractivity contribution >= 4 is 15.7 Å². The zero-order valence-corrected chi connectivity index (χ0v) is 12.7. The van der Waals surface area contributed by atoms with Gasteiger partial charge in [-0.15, -0.1) is 0 Å². The van der Waals surface area contributed by atoms with E-state index in [1.807, 2.05) is 6.92 Å². The summed E-state index contributed by atoms with van der Waals surface area (Å²) in [6, 6.07) is 2.45. The normalized spacial score (nSPS) is 21.1. The van der Waals surface area contributed by atoms with E-state index in [1.54, 1.807) is 11.2 Å². The van der Waals surface area contributed by atoms with Crippen molar-refractivity contribution in [2.75, 3.05) is 12.3 Å². The summed E-state index contributed by atoms with van der Waals surface area (Å²) in [5.41, 5.74) is 5.80. The molecule has 0 aromatic heterocycles. The minimum Gasteiger partial charge on any atom is -0.396 e. The maximum atomic E-state index is 13.4. The maximum Gasteiger partial charge on any atom is 0.243 e. The Morgan fingerprint density at radius 1 is 1.40 bits per heavy atom. The molecule has 0 amide bonds. The number of anilines is 1. The van der Waals surface area contributed by atoms with Gasteiger partial charge < -0.3 is 5.73 Å². The van der Waals surface area contributed by atoms with E-state index in [9.17, 15) is 12.8 Å². The Hall–Kier alpha value is -1.14. The number of piperidine rings is 1. The van der Waals surface area contributed by atoms with Crippen LogP contribution in [0.25, 0.3) is 0 Å². The van der Waals surface area contributed by atoms with Gasteiger partial charge in [-0.25, -0.2) is 12.8 Å². The summed E-state index contributed by atoms with van der Waals surface area (Å²) in [6.45, 7) is 4.11. The molecule has 2 rings (SSSR count). The van der Waals surface area contributed by atoms with Crippen LogP contribution in [-0.4, -0.2) is 25.3 Å². The molecule has 1 aliphatic heterocycles. The summed E-state index contributed by atoms with van der Waals surface area (Å²) in [7, 11) is -3.61. The first kappa shape index (κ1) is 15.3. The summed E-state index contributed by atoms with van der Waals surface area (Å²) in [6.07, 6.45) is 3.58. The van der Waals surface area contributed by atoms with Crippen molar-refractivity contribution in [1.29, 1.82) is 0 Å². The standard InChI is InChI=1S/C14H21FN2O2S/c1-3-11-6-4-5-7-17(11)20(18,19)14-9-13(16)12(15)8-10(14)2/h8-9,11H,3-7,16H2,1-2H3. The van der Waals surface area contributed by atoms with Crippen LogP contribution in [0.2, 0.25) is 0 Å². The number of nitrogens with two attached hydrogens (primary N) is 1. The third-order valence-corrected chi connectivity index (χ3v) is 6.02. The summed E-state index contributed by atoms with van der Waals surface area (Å²) in [4.78, 5) is 0.122. The number of aryl methyl sites for hydroxylation is 1. The van der Waals surface area contributed by atoms with Gasteiger partial charge in [-0.2, -0.15) is 4.31 Å². The van der Waals surface area contributed by atoms with E-state index in [0.717, 1.165) is 25.7 Å². The highest BCUT2D eigenvalue weighted by molar-refractivity contribution is 7.89. The topological polar surface area (TPSA) is 63.4 Å². The molecule has 20 heavy (non-hydrogen) atoms. The molecular weight excluding hydrogens is 279 g/mol. The molecule has 1 aromatic rings. The van der Waals surface area contributed by atoms with Crippen molar-refractivity contribution in [3.8, 4) is 0 Å². The molecule has 1 unspecified atom stereocenters. The molecule has 1 heterocycles. The van der Waals surface area contributed by atoms with Gasteiger partial charge >= 0.3 is 0 Å². The van der Waals surface area contributed by atoms with Crippen molar-refractivity contribution in [3.05, 3.63) is 23.5 Å². The summed E-state index contributed by atoms with van der Waals surface area (Å²) in [5, 5.41) is 0. The first-order chi connectivity index (χ1) is 9.37. The fourth-order valence-corrected chi connectivity index (χ4v) is 4.78. The predicted octanol–water partition coefficient (Wildman–Crippen LogP) is 2.67. The second-order valence-electron chi connectivity index (χ2n) is 5.31. The first-order valence-corrected chi connectivity index (χ1v) is 8.39. The average molecular weight is 300 g/mol. The van der Waals surface area contributed by atoms with E-state index >= 15 is 0 Å². The fraction of sp³-hybridized carbons (Fsp3) is 0.571. The van der Waals surface area contributed by atoms with Gasteiger partial charge in [-0.1, -0.05) is 13.3 Å². The van der Waals surface area contributed by atoms with E-state index in [1.165, 1.54) is 12.1 Å². The number of halogens is 1.